The molecule has 1 aromatic carbocycles. The van der Waals surface area contributed by atoms with Crippen molar-refractivity contribution in [3.05, 3.63) is 23.8 Å². The molecule has 1 heterocycles. The van der Waals surface area contributed by atoms with Crippen LogP contribution in [0.1, 0.15) is 19.4 Å². The van der Waals surface area contributed by atoms with Gasteiger partial charge in [0.15, 0.2) is 11.5 Å². The van der Waals surface area contributed by atoms with Gasteiger partial charge >= 0.3 is 0 Å². The number of amides is 1. The number of nitrogens with one attached hydrogen (secondary N) is 1. The van der Waals surface area contributed by atoms with Gasteiger partial charge in [-0.25, -0.2) is 5.43 Å². The Labute approximate surface area is 116 Å². The lowest BCUT2D eigenvalue weighted by molar-refractivity contribution is 0.230. The standard InChI is InChI=1S/C13H16N2O3S/c1-8(2)18-12-6-9(4-5-11(12)17-3)10-7-19-13(16)15-14-10/h4-6,8H,7H2,1-3H3,(H,15,16). The molecular formula is C13H16N2O3S. The Kier molecular flexibility index (Phi) is 4.31. The van der Waals surface area contributed by atoms with Gasteiger partial charge in [0.25, 0.3) is 5.24 Å². The van der Waals surface area contributed by atoms with Gasteiger partial charge in [-0.2, -0.15) is 5.10 Å². The maximum Gasteiger partial charge on any atom is 0.299 e. The first-order valence-electron chi connectivity index (χ1n) is 5.94. The summed E-state index contributed by atoms with van der Waals surface area (Å²) in [4.78, 5) is 11.1. The van der Waals surface area contributed by atoms with Crippen LogP contribution in [0.2, 0.25) is 0 Å². The predicted octanol–water partition coefficient (Wildman–Crippen LogP) is 2.64. The van der Waals surface area contributed by atoms with Crippen LogP contribution in [0.15, 0.2) is 23.3 Å². The van der Waals surface area contributed by atoms with Crippen molar-refractivity contribution in [1.29, 1.82) is 0 Å². The lowest BCUT2D eigenvalue weighted by Gasteiger charge is -2.16. The molecule has 2 rings (SSSR count). The molecule has 19 heavy (non-hydrogen) atoms. The first-order chi connectivity index (χ1) is 9.10. The van der Waals surface area contributed by atoms with Gasteiger partial charge in [-0.05, 0) is 32.0 Å². The van der Waals surface area contributed by atoms with E-state index in [1.165, 1.54) is 11.8 Å². The first-order valence-corrected chi connectivity index (χ1v) is 6.93. The van der Waals surface area contributed by atoms with Crippen molar-refractivity contribution < 1.29 is 14.3 Å². The monoisotopic (exact) mass is 280 g/mol. The van der Waals surface area contributed by atoms with Gasteiger partial charge in [-0.3, -0.25) is 4.79 Å². The predicted molar refractivity (Wildman–Crippen MR) is 76.3 cm³/mol. The van der Waals surface area contributed by atoms with Gasteiger partial charge < -0.3 is 9.47 Å². The number of methoxy groups -OCH3 is 1. The van der Waals surface area contributed by atoms with Crippen molar-refractivity contribution in [1.82, 2.24) is 5.43 Å². The molecule has 0 fully saturated rings. The van der Waals surface area contributed by atoms with Crippen LogP contribution in [-0.4, -0.2) is 29.9 Å². The van der Waals surface area contributed by atoms with Crippen LogP contribution in [0.3, 0.4) is 0 Å². The smallest absolute Gasteiger partial charge is 0.299 e. The van der Waals surface area contributed by atoms with Crippen LogP contribution in [0.25, 0.3) is 0 Å². The van der Waals surface area contributed by atoms with Crippen molar-refractivity contribution in [2.24, 2.45) is 5.10 Å². The highest BCUT2D eigenvalue weighted by atomic mass is 32.2. The molecule has 1 aromatic rings. The van der Waals surface area contributed by atoms with Crippen molar-refractivity contribution in [2.75, 3.05) is 12.9 Å². The van der Waals surface area contributed by atoms with E-state index in [0.29, 0.717) is 17.3 Å². The van der Waals surface area contributed by atoms with Crippen LogP contribution in [0, 0.1) is 0 Å². The van der Waals surface area contributed by atoms with Gasteiger partial charge in [-0.15, -0.1) is 0 Å². The number of benzene rings is 1. The third-order valence-electron chi connectivity index (χ3n) is 2.48. The summed E-state index contributed by atoms with van der Waals surface area (Å²) < 4.78 is 11.0. The van der Waals surface area contributed by atoms with Gasteiger partial charge in [0.05, 0.1) is 18.9 Å². The molecule has 6 heteroatoms. The maximum atomic E-state index is 11.1. The summed E-state index contributed by atoms with van der Waals surface area (Å²) in [6, 6.07) is 5.63. The van der Waals surface area contributed by atoms with E-state index in [1.807, 2.05) is 32.0 Å². The van der Waals surface area contributed by atoms with E-state index in [-0.39, 0.29) is 11.3 Å². The number of ether oxygens (including phenoxy) is 2. The van der Waals surface area contributed by atoms with E-state index in [1.54, 1.807) is 7.11 Å². The Morgan fingerprint density at radius 1 is 1.37 bits per heavy atom. The van der Waals surface area contributed by atoms with E-state index in [0.717, 1.165) is 11.3 Å². The Morgan fingerprint density at radius 2 is 2.16 bits per heavy atom. The fourth-order valence-corrected chi connectivity index (χ4v) is 2.27. The summed E-state index contributed by atoms with van der Waals surface area (Å²) in [6.07, 6.45) is 0.0616. The number of carbonyl (C=O) groups excluding carboxylic acids is 1. The van der Waals surface area contributed by atoms with Gasteiger partial charge in [0.2, 0.25) is 0 Å². The average molecular weight is 280 g/mol. The molecule has 0 aliphatic carbocycles. The zero-order valence-corrected chi connectivity index (χ0v) is 11.9. The fourth-order valence-electron chi connectivity index (χ4n) is 1.66. The summed E-state index contributed by atoms with van der Waals surface area (Å²) in [6.45, 7) is 3.92. The van der Waals surface area contributed by atoms with E-state index < -0.39 is 0 Å². The molecule has 0 saturated carbocycles. The van der Waals surface area contributed by atoms with Gasteiger partial charge in [0, 0.05) is 11.3 Å². The highest BCUT2D eigenvalue weighted by Crippen LogP contribution is 2.30. The Bertz CT molecular complexity index is 515. The molecule has 0 bridgehead atoms. The summed E-state index contributed by atoms with van der Waals surface area (Å²) >= 11 is 1.20. The average Bonchev–Trinajstić information content (AvgIpc) is 2.39. The minimum Gasteiger partial charge on any atom is -0.493 e. The number of nitrogens with zero attached hydrogens (tertiary/aromatic N) is 1. The third-order valence-corrected chi connectivity index (χ3v) is 3.25. The molecular weight excluding hydrogens is 264 g/mol. The molecule has 102 valence electrons. The van der Waals surface area contributed by atoms with Crippen LogP contribution in [-0.2, 0) is 0 Å². The molecule has 0 spiro atoms. The fraction of sp³-hybridized carbons (Fsp3) is 0.385. The quantitative estimate of drug-likeness (QED) is 0.921. The summed E-state index contributed by atoms with van der Waals surface area (Å²) in [7, 11) is 1.61. The molecule has 0 atom stereocenters. The number of carbonyl (C=O) groups is 1. The van der Waals surface area contributed by atoms with Crippen LogP contribution in [0.4, 0.5) is 4.79 Å². The Morgan fingerprint density at radius 3 is 2.74 bits per heavy atom. The molecule has 0 saturated heterocycles. The minimum absolute atomic E-state index is 0.0616. The Hall–Kier alpha value is -1.69. The summed E-state index contributed by atoms with van der Waals surface area (Å²) in [5.41, 5.74) is 4.20. The molecule has 1 amide bonds. The second-order valence-corrected chi connectivity index (χ2v) is 5.23. The number of rotatable bonds is 4. The lowest BCUT2D eigenvalue weighted by atomic mass is 10.1. The molecule has 1 aliphatic heterocycles. The first kappa shape index (κ1) is 13.7. The number of hydrogen-bond acceptors (Lipinski definition) is 5. The van der Waals surface area contributed by atoms with E-state index >= 15 is 0 Å². The van der Waals surface area contributed by atoms with Crippen molar-refractivity contribution >= 4 is 22.7 Å². The van der Waals surface area contributed by atoms with Crippen molar-refractivity contribution in [3.8, 4) is 11.5 Å². The second kappa shape index (κ2) is 5.97. The SMILES string of the molecule is COc1ccc(C2=NNC(=O)SC2)cc1OC(C)C. The van der Waals surface area contributed by atoms with Gasteiger partial charge in [0.1, 0.15) is 0 Å². The number of hydrazone groups is 1. The van der Waals surface area contributed by atoms with Crippen molar-refractivity contribution in [2.45, 2.75) is 20.0 Å². The van der Waals surface area contributed by atoms with Crippen LogP contribution >= 0.6 is 11.8 Å². The number of hydrogen-bond donors (Lipinski definition) is 1. The molecule has 0 aromatic heterocycles. The number of thioether (sulfide) groups is 1. The zero-order chi connectivity index (χ0) is 13.8. The van der Waals surface area contributed by atoms with Crippen LogP contribution in [0.5, 0.6) is 11.5 Å². The summed E-state index contributed by atoms with van der Waals surface area (Å²) in [5, 5.41) is 3.93. The largest absolute Gasteiger partial charge is 0.493 e. The van der Waals surface area contributed by atoms with E-state index in [2.05, 4.69) is 10.5 Å². The molecule has 1 aliphatic rings. The van der Waals surface area contributed by atoms with Gasteiger partial charge in [-0.1, -0.05) is 11.8 Å². The third kappa shape index (κ3) is 3.41. The topological polar surface area (TPSA) is 59.9 Å². The highest BCUT2D eigenvalue weighted by molar-refractivity contribution is 8.14. The van der Waals surface area contributed by atoms with E-state index in [9.17, 15) is 4.79 Å². The molecule has 5 nitrogen and oxygen atoms in total. The van der Waals surface area contributed by atoms with Crippen molar-refractivity contribution in [3.63, 3.8) is 0 Å². The van der Waals surface area contributed by atoms with E-state index in [4.69, 9.17) is 9.47 Å². The lowest BCUT2D eigenvalue weighted by Crippen LogP contribution is -2.23. The highest BCUT2D eigenvalue weighted by Gasteiger charge is 2.16. The maximum absolute atomic E-state index is 11.1. The summed E-state index contributed by atoms with van der Waals surface area (Å²) in [5.74, 6) is 1.92. The normalized spacial score (nSPS) is 14.9. The molecule has 0 unspecified atom stereocenters. The minimum atomic E-state index is -0.129. The molecule has 0 radical (unpaired) electrons. The second-order valence-electron chi connectivity index (χ2n) is 4.28. The zero-order valence-electron chi connectivity index (χ0n) is 11.1. The van der Waals surface area contributed by atoms with Crippen LogP contribution < -0.4 is 14.9 Å². The molecule has 1 N–H and O–H groups in total. The Balaban J connectivity index is 2.29.